The molecule has 2 amide bonds. The topological polar surface area (TPSA) is 61.4 Å². The molecular formula is C15H21F3N2O2. The van der Waals surface area contributed by atoms with Crippen LogP contribution in [0.25, 0.3) is 0 Å². The highest BCUT2D eigenvalue weighted by Gasteiger charge is 2.30. The van der Waals surface area contributed by atoms with E-state index in [2.05, 4.69) is 10.6 Å². The molecule has 4 nitrogen and oxygen atoms in total. The Balaban J connectivity index is 2.61. The molecule has 22 heavy (non-hydrogen) atoms. The lowest BCUT2D eigenvalue weighted by Gasteiger charge is -2.28. The Bertz CT molecular complexity index is 506. The van der Waals surface area contributed by atoms with Gasteiger partial charge in [0.15, 0.2) is 0 Å². The number of rotatable bonds is 6. The van der Waals surface area contributed by atoms with Crippen LogP contribution in [0, 0.1) is 0 Å². The van der Waals surface area contributed by atoms with E-state index in [0.717, 1.165) is 18.6 Å². The average Bonchev–Trinajstić information content (AvgIpc) is 2.45. The zero-order valence-corrected chi connectivity index (χ0v) is 12.6. The quantitative estimate of drug-likeness (QED) is 0.755. The highest BCUT2D eigenvalue weighted by atomic mass is 19.4. The van der Waals surface area contributed by atoms with Gasteiger partial charge in [-0.2, -0.15) is 13.2 Å². The van der Waals surface area contributed by atoms with Gasteiger partial charge in [-0.3, -0.25) is 0 Å². The van der Waals surface area contributed by atoms with Gasteiger partial charge in [0, 0.05) is 6.54 Å². The Hall–Kier alpha value is -1.76. The third-order valence-corrected chi connectivity index (χ3v) is 3.27. The van der Waals surface area contributed by atoms with Crippen LogP contribution >= 0.6 is 0 Å². The minimum Gasteiger partial charge on any atom is -0.394 e. The standard InChI is InChI=1S/C15H21F3N2O2/c1-3-7-14(2,10-21)20-13(22)19-9-11-5-4-6-12(8-11)15(16,17)18/h4-6,8,21H,3,7,9-10H2,1-2H3,(H2,19,20,22). The number of aliphatic hydroxyl groups is 1. The van der Waals surface area contributed by atoms with Gasteiger partial charge in [0.05, 0.1) is 17.7 Å². The molecule has 1 aromatic rings. The number of hydrogen-bond acceptors (Lipinski definition) is 2. The number of amides is 2. The van der Waals surface area contributed by atoms with Crippen molar-refractivity contribution >= 4 is 6.03 Å². The van der Waals surface area contributed by atoms with Gasteiger partial charge in [-0.15, -0.1) is 0 Å². The van der Waals surface area contributed by atoms with Gasteiger partial charge in [0.2, 0.25) is 0 Å². The van der Waals surface area contributed by atoms with Gasteiger partial charge in [0.1, 0.15) is 0 Å². The molecule has 124 valence electrons. The van der Waals surface area contributed by atoms with Crippen molar-refractivity contribution in [1.82, 2.24) is 10.6 Å². The Morgan fingerprint density at radius 2 is 2.00 bits per heavy atom. The van der Waals surface area contributed by atoms with Crippen LogP contribution in [0.2, 0.25) is 0 Å². The maximum Gasteiger partial charge on any atom is 0.416 e. The number of hydrogen-bond donors (Lipinski definition) is 3. The molecule has 1 rings (SSSR count). The van der Waals surface area contributed by atoms with Gasteiger partial charge in [-0.05, 0) is 31.0 Å². The molecule has 0 aliphatic carbocycles. The first-order valence-corrected chi connectivity index (χ1v) is 7.03. The van der Waals surface area contributed by atoms with Crippen LogP contribution in [-0.2, 0) is 12.7 Å². The summed E-state index contributed by atoms with van der Waals surface area (Å²) >= 11 is 0. The van der Waals surface area contributed by atoms with Crippen LogP contribution < -0.4 is 10.6 Å². The fourth-order valence-corrected chi connectivity index (χ4v) is 2.09. The van der Waals surface area contributed by atoms with Gasteiger partial charge in [0.25, 0.3) is 0 Å². The predicted octanol–water partition coefficient (Wildman–Crippen LogP) is 3.06. The molecule has 0 heterocycles. The SMILES string of the molecule is CCCC(C)(CO)NC(=O)NCc1cccc(C(F)(F)F)c1. The molecule has 0 aliphatic rings. The van der Waals surface area contributed by atoms with Crippen molar-refractivity contribution in [1.29, 1.82) is 0 Å². The van der Waals surface area contributed by atoms with E-state index >= 15 is 0 Å². The number of nitrogens with one attached hydrogen (secondary N) is 2. The molecule has 1 unspecified atom stereocenters. The number of alkyl halides is 3. The van der Waals surface area contributed by atoms with E-state index < -0.39 is 23.3 Å². The fraction of sp³-hybridized carbons (Fsp3) is 0.533. The lowest BCUT2D eigenvalue weighted by molar-refractivity contribution is -0.137. The summed E-state index contributed by atoms with van der Waals surface area (Å²) in [6.07, 6.45) is -3.03. The van der Waals surface area contributed by atoms with Gasteiger partial charge >= 0.3 is 12.2 Å². The summed E-state index contributed by atoms with van der Waals surface area (Å²) in [6.45, 7) is 3.40. The third kappa shape index (κ3) is 5.55. The van der Waals surface area contributed by atoms with E-state index in [1.807, 2.05) is 6.92 Å². The molecule has 0 bridgehead atoms. The number of aliphatic hydroxyl groups excluding tert-OH is 1. The van der Waals surface area contributed by atoms with E-state index in [4.69, 9.17) is 0 Å². The second kappa shape index (κ2) is 7.49. The maximum absolute atomic E-state index is 12.6. The highest BCUT2D eigenvalue weighted by Crippen LogP contribution is 2.29. The van der Waals surface area contributed by atoms with E-state index in [1.54, 1.807) is 6.92 Å². The van der Waals surface area contributed by atoms with Crippen molar-refractivity contribution in [3.63, 3.8) is 0 Å². The zero-order chi connectivity index (χ0) is 16.8. The first-order chi connectivity index (χ1) is 10.2. The van der Waals surface area contributed by atoms with Crippen LogP contribution in [0.15, 0.2) is 24.3 Å². The minimum absolute atomic E-state index is 0.0244. The third-order valence-electron chi connectivity index (χ3n) is 3.27. The lowest BCUT2D eigenvalue weighted by Crippen LogP contribution is -2.52. The van der Waals surface area contributed by atoms with Crippen LogP contribution in [0.5, 0.6) is 0 Å². The fourth-order valence-electron chi connectivity index (χ4n) is 2.09. The van der Waals surface area contributed by atoms with Crippen molar-refractivity contribution in [2.24, 2.45) is 0 Å². The van der Waals surface area contributed by atoms with E-state index in [1.165, 1.54) is 12.1 Å². The molecule has 0 aliphatic heterocycles. The van der Waals surface area contributed by atoms with Crippen LogP contribution in [0.1, 0.15) is 37.8 Å². The molecule has 1 atom stereocenters. The first kappa shape index (κ1) is 18.3. The largest absolute Gasteiger partial charge is 0.416 e. The summed E-state index contributed by atoms with van der Waals surface area (Å²) in [4.78, 5) is 11.8. The van der Waals surface area contributed by atoms with E-state index in [9.17, 15) is 23.1 Å². The van der Waals surface area contributed by atoms with Gasteiger partial charge in [-0.25, -0.2) is 4.79 Å². The van der Waals surface area contributed by atoms with Gasteiger partial charge < -0.3 is 15.7 Å². The van der Waals surface area contributed by atoms with Crippen molar-refractivity contribution in [3.8, 4) is 0 Å². The van der Waals surface area contributed by atoms with E-state index in [-0.39, 0.29) is 13.2 Å². The smallest absolute Gasteiger partial charge is 0.394 e. The summed E-state index contributed by atoms with van der Waals surface area (Å²) in [6, 6.07) is 4.26. The minimum atomic E-state index is -4.41. The predicted molar refractivity (Wildman–Crippen MR) is 77.2 cm³/mol. The summed E-state index contributed by atoms with van der Waals surface area (Å²) in [7, 11) is 0. The number of carbonyl (C=O) groups excluding carboxylic acids is 1. The summed E-state index contributed by atoms with van der Waals surface area (Å²) < 4.78 is 37.8. The Kier molecular flexibility index (Phi) is 6.22. The monoisotopic (exact) mass is 318 g/mol. The molecule has 1 aromatic carbocycles. The number of halogens is 3. The Labute approximate surface area is 127 Å². The molecule has 0 spiro atoms. The molecule has 0 fully saturated rings. The average molecular weight is 318 g/mol. The van der Waals surface area contributed by atoms with Crippen LogP contribution in [-0.4, -0.2) is 23.3 Å². The molecule has 7 heteroatoms. The molecule has 3 N–H and O–H groups in total. The lowest BCUT2D eigenvalue weighted by atomic mass is 9.98. The second-order valence-electron chi connectivity index (χ2n) is 5.47. The number of urea groups is 1. The molecule has 0 saturated heterocycles. The molecule has 0 saturated carbocycles. The molecule has 0 aromatic heterocycles. The summed E-state index contributed by atoms with van der Waals surface area (Å²) in [5, 5.41) is 14.4. The Morgan fingerprint density at radius 1 is 1.32 bits per heavy atom. The van der Waals surface area contributed by atoms with Crippen molar-refractivity contribution in [2.45, 2.75) is 44.9 Å². The van der Waals surface area contributed by atoms with Crippen molar-refractivity contribution in [2.75, 3.05) is 6.61 Å². The maximum atomic E-state index is 12.6. The number of benzene rings is 1. The van der Waals surface area contributed by atoms with Crippen molar-refractivity contribution < 1.29 is 23.1 Å². The van der Waals surface area contributed by atoms with Gasteiger partial charge in [-0.1, -0.05) is 25.5 Å². The summed E-state index contributed by atoms with van der Waals surface area (Å²) in [5.74, 6) is 0. The number of carbonyl (C=O) groups is 1. The summed E-state index contributed by atoms with van der Waals surface area (Å²) in [5.41, 5.74) is -1.14. The van der Waals surface area contributed by atoms with E-state index in [0.29, 0.717) is 12.0 Å². The second-order valence-corrected chi connectivity index (χ2v) is 5.47. The zero-order valence-electron chi connectivity index (χ0n) is 12.6. The van der Waals surface area contributed by atoms with Crippen LogP contribution in [0.4, 0.5) is 18.0 Å². The van der Waals surface area contributed by atoms with Crippen molar-refractivity contribution in [3.05, 3.63) is 35.4 Å². The van der Waals surface area contributed by atoms with Crippen LogP contribution in [0.3, 0.4) is 0 Å². The molecule has 0 radical (unpaired) electrons. The highest BCUT2D eigenvalue weighted by molar-refractivity contribution is 5.74. The molecular weight excluding hydrogens is 297 g/mol. The normalized spacial score (nSPS) is 14.3. The Morgan fingerprint density at radius 3 is 2.55 bits per heavy atom. The first-order valence-electron chi connectivity index (χ1n) is 7.03.